The Hall–Kier alpha value is -2.90. The van der Waals surface area contributed by atoms with Gasteiger partial charge in [0.1, 0.15) is 5.84 Å². The third kappa shape index (κ3) is 4.41. The van der Waals surface area contributed by atoms with Crippen LogP contribution in [0.25, 0.3) is 0 Å². The summed E-state index contributed by atoms with van der Waals surface area (Å²) in [4.78, 5) is 40.0. The summed E-state index contributed by atoms with van der Waals surface area (Å²) in [6.07, 6.45) is 2.23. The van der Waals surface area contributed by atoms with Gasteiger partial charge >= 0.3 is 5.97 Å². The van der Waals surface area contributed by atoms with Crippen molar-refractivity contribution in [2.24, 2.45) is 17.1 Å². The molecule has 2 fully saturated rings. The molecule has 2 saturated heterocycles. The number of benzene rings is 1. The Morgan fingerprint density at radius 1 is 1.14 bits per heavy atom. The van der Waals surface area contributed by atoms with Crippen molar-refractivity contribution in [1.29, 1.82) is 5.41 Å². The molecule has 4 N–H and O–H groups in total. The van der Waals surface area contributed by atoms with Crippen LogP contribution >= 0.6 is 0 Å². The Balaban J connectivity index is 1.59. The highest BCUT2D eigenvalue weighted by atomic mass is 16.4. The summed E-state index contributed by atoms with van der Waals surface area (Å²) in [5.74, 6) is -1.03. The van der Waals surface area contributed by atoms with Gasteiger partial charge in [0, 0.05) is 43.7 Å². The van der Waals surface area contributed by atoms with Crippen LogP contribution in [-0.2, 0) is 14.4 Å². The number of nitrogen functional groups attached to an aromatic ring is 1. The van der Waals surface area contributed by atoms with E-state index in [9.17, 15) is 14.4 Å². The number of hydrogen-bond acceptors (Lipinski definition) is 4. The Morgan fingerprint density at radius 2 is 1.72 bits per heavy atom. The molecular weight excluding hydrogens is 372 g/mol. The van der Waals surface area contributed by atoms with E-state index in [0.717, 1.165) is 12.1 Å². The van der Waals surface area contributed by atoms with E-state index in [-0.39, 0.29) is 36.4 Å². The zero-order chi connectivity index (χ0) is 21.2. The number of carbonyl (C=O) groups excluding carboxylic acids is 2. The van der Waals surface area contributed by atoms with Crippen LogP contribution in [0.15, 0.2) is 24.3 Å². The minimum absolute atomic E-state index is 0.00418. The molecule has 0 bridgehead atoms. The quantitative estimate of drug-likeness (QED) is 0.496. The van der Waals surface area contributed by atoms with Gasteiger partial charge in [0.05, 0.1) is 5.41 Å². The highest BCUT2D eigenvalue weighted by Gasteiger charge is 2.48. The number of rotatable bonds is 6. The lowest BCUT2D eigenvalue weighted by molar-refractivity contribution is -0.140. The summed E-state index contributed by atoms with van der Waals surface area (Å²) in [7, 11) is 0. The molecule has 1 atom stereocenters. The van der Waals surface area contributed by atoms with Crippen molar-refractivity contribution >= 4 is 29.3 Å². The van der Waals surface area contributed by atoms with Crippen LogP contribution in [0.4, 0.5) is 5.69 Å². The normalized spacial score (nSPS) is 19.4. The van der Waals surface area contributed by atoms with E-state index in [4.69, 9.17) is 16.2 Å². The number of anilines is 1. The molecule has 2 aliphatic rings. The maximum atomic E-state index is 13.2. The van der Waals surface area contributed by atoms with Crippen LogP contribution in [0.5, 0.6) is 0 Å². The fourth-order valence-electron chi connectivity index (χ4n) is 4.33. The number of aliphatic carboxylic acids is 1. The lowest BCUT2D eigenvalue weighted by atomic mass is 9.77. The molecule has 1 spiro atoms. The molecule has 0 radical (unpaired) electrons. The largest absolute Gasteiger partial charge is 0.481 e. The van der Waals surface area contributed by atoms with Crippen molar-refractivity contribution in [3.05, 3.63) is 29.8 Å². The van der Waals surface area contributed by atoms with Gasteiger partial charge in [-0.25, -0.2) is 0 Å². The highest BCUT2D eigenvalue weighted by Crippen LogP contribution is 2.43. The van der Waals surface area contributed by atoms with E-state index in [1.54, 1.807) is 28.9 Å². The average Bonchev–Trinajstić information content (AvgIpc) is 2.97. The standard InChI is InChI=1S/C21H28N4O4/c1-14(13-18(27)28)12-17(26)24-9-6-21(7-10-24)8-11-25(20(21)29)16-4-2-15(3-5-16)19(22)23/h2-5,14H,6-13H2,1H3,(H3,22,23)(H,27,28)/t14-/m1/s1. The molecule has 1 aromatic carbocycles. The summed E-state index contributed by atoms with van der Waals surface area (Å²) in [6, 6.07) is 7.12. The number of amides is 2. The molecule has 2 heterocycles. The molecule has 0 aromatic heterocycles. The SMILES string of the molecule is C[C@@H](CC(=O)O)CC(=O)N1CCC2(CC1)CCN(c1ccc(C(=N)N)cc1)C2=O. The first-order valence-electron chi connectivity index (χ1n) is 9.98. The monoisotopic (exact) mass is 400 g/mol. The summed E-state index contributed by atoms with van der Waals surface area (Å²) < 4.78 is 0. The summed E-state index contributed by atoms with van der Waals surface area (Å²) >= 11 is 0. The number of hydrogen-bond donors (Lipinski definition) is 3. The van der Waals surface area contributed by atoms with E-state index in [0.29, 0.717) is 38.0 Å². The predicted molar refractivity (Wildman–Crippen MR) is 109 cm³/mol. The molecule has 8 heteroatoms. The van der Waals surface area contributed by atoms with Crippen LogP contribution in [0.2, 0.25) is 0 Å². The molecular formula is C21H28N4O4. The van der Waals surface area contributed by atoms with Crippen LogP contribution in [-0.4, -0.2) is 53.3 Å². The lowest BCUT2D eigenvalue weighted by Crippen LogP contribution is -2.47. The minimum Gasteiger partial charge on any atom is -0.481 e. The molecule has 156 valence electrons. The number of nitrogens with zero attached hydrogens (tertiary/aromatic N) is 2. The van der Waals surface area contributed by atoms with E-state index >= 15 is 0 Å². The van der Waals surface area contributed by atoms with Gasteiger partial charge in [0.25, 0.3) is 0 Å². The van der Waals surface area contributed by atoms with Crippen LogP contribution in [0.1, 0.15) is 44.6 Å². The van der Waals surface area contributed by atoms with Gasteiger partial charge in [0.2, 0.25) is 11.8 Å². The number of nitrogens with one attached hydrogen (secondary N) is 1. The molecule has 0 aliphatic carbocycles. The van der Waals surface area contributed by atoms with Crippen molar-refractivity contribution in [3.8, 4) is 0 Å². The van der Waals surface area contributed by atoms with Gasteiger partial charge in [-0.3, -0.25) is 19.8 Å². The zero-order valence-electron chi connectivity index (χ0n) is 16.7. The molecule has 3 rings (SSSR count). The fourth-order valence-corrected chi connectivity index (χ4v) is 4.33. The van der Waals surface area contributed by atoms with Gasteiger partial charge in [0.15, 0.2) is 0 Å². The number of carboxylic acids is 1. The number of likely N-dealkylation sites (tertiary alicyclic amines) is 1. The van der Waals surface area contributed by atoms with Crippen molar-refractivity contribution in [1.82, 2.24) is 4.90 Å². The maximum Gasteiger partial charge on any atom is 0.303 e. The maximum absolute atomic E-state index is 13.2. The van der Waals surface area contributed by atoms with E-state index in [1.165, 1.54) is 0 Å². The highest BCUT2D eigenvalue weighted by molar-refractivity contribution is 6.01. The number of carboxylic acid groups (broad SMARTS) is 1. The Bertz CT molecular complexity index is 812. The van der Waals surface area contributed by atoms with Gasteiger partial charge < -0.3 is 20.6 Å². The van der Waals surface area contributed by atoms with Gasteiger partial charge in [-0.2, -0.15) is 0 Å². The second-order valence-corrected chi connectivity index (χ2v) is 8.24. The Kier molecular flexibility index (Phi) is 5.91. The molecule has 1 aromatic rings. The smallest absolute Gasteiger partial charge is 0.303 e. The first-order chi connectivity index (χ1) is 13.7. The topological polar surface area (TPSA) is 128 Å². The molecule has 29 heavy (non-hydrogen) atoms. The second-order valence-electron chi connectivity index (χ2n) is 8.24. The summed E-state index contributed by atoms with van der Waals surface area (Å²) in [6.45, 7) is 3.47. The third-order valence-corrected chi connectivity index (χ3v) is 6.12. The summed E-state index contributed by atoms with van der Waals surface area (Å²) in [5.41, 5.74) is 6.49. The molecule has 0 unspecified atom stereocenters. The minimum atomic E-state index is -0.893. The fraction of sp³-hybridized carbons (Fsp3) is 0.524. The first kappa shape index (κ1) is 20.8. The van der Waals surface area contributed by atoms with E-state index in [1.807, 2.05) is 12.1 Å². The lowest BCUT2D eigenvalue weighted by Gasteiger charge is -2.38. The third-order valence-electron chi connectivity index (χ3n) is 6.12. The van der Waals surface area contributed by atoms with E-state index in [2.05, 4.69) is 0 Å². The number of nitrogens with two attached hydrogens (primary N) is 1. The number of carbonyl (C=O) groups is 3. The Labute approximate surface area is 170 Å². The molecule has 2 amide bonds. The van der Waals surface area contributed by atoms with Crippen LogP contribution in [0, 0.1) is 16.7 Å². The van der Waals surface area contributed by atoms with Gasteiger partial charge in [-0.05, 0) is 49.4 Å². The summed E-state index contributed by atoms with van der Waals surface area (Å²) in [5, 5.41) is 16.3. The van der Waals surface area contributed by atoms with Gasteiger partial charge in [-0.15, -0.1) is 0 Å². The molecule has 2 aliphatic heterocycles. The predicted octanol–water partition coefficient (Wildman–Crippen LogP) is 1.82. The number of amidine groups is 1. The van der Waals surface area contributed by atoms with Crippen molar-refractivity contribution in [2.45, 2.75) is 39.0 Å². The first-order valence-corrected chi connectivity index (χ1v) is 9.98. The van der Waals surface area contributed by atoms with E-state index < -0.39 is 11.4 Å². The van der Waals surface area contributed by atoms with Gasteiger partial charge in [-0.1, -0.05) is 6.92 Å². The Morgan fingerprint density at radius 3 is 2.28 bits per heavy atom. The van der Waals surface area contributed by atoms with Crippen LogP contribution < -0.4 is 10.6 Å². The van der Waals surface area contributed by atoms with Crippen molar-refractivity contribution < 1.29 is 19.5 Å². The molecule has 8 nitrogen and oxygen atoms in total. The van der Waals surface area contributed by atoms with Crippen LogP contribution in [0.3, 0.4) is 0 Å². The van der Waals surface area contributed by atoms with Crippen molar-refractivity contribution in [2.75, 3.05) is 24.5 Å². The average molecular weight is 400 g/mol. The second kappa shape index (κ2) is 8.23. The zero-order valence-corrected chi connectivity index (χ0v) is 16.7. The van der Waals surface area contributed by atoms with Crippen molar-refractivity contribution in [3.63, 3.8) is 0 Å². The number of piperidine rings is 1. The molecule has 0 saturated carbocycles.